The number of rotatable bonds is 8. The van der Waals surface area contributed by atoms with Gasteiger partial charge in [0, 0.05) is 19.7 Å². The van der Waals surface area contributed by atoms with E-state index in [0.717, 1.165) is 0 Å². The molecule has 0 aliphatic heterocycles. The van der Waals surface area contributed by atoms with Gasteiger partial charge in [0.15, 0.2) is 11.5 Å². The van der Waals surface area contributed by atoms with Crippen molar-refractivity contribution < 1.29 is 27.0 Å². The van der Waals surface area contributed by atoms with Gasteiger partial charge < -0.3 is 18.6 Å². The summed E-state index contributed by atoms with van der Waals surface area (Å²) in [4.78, 5) is 0.0736. The molecule has 1 aromatic heterocycles. The fraction of sp³-hybridized carbons (Fsp3) is 0.333. The van der Waals surface area contributed by atoms with Gasteiger partial charge in [0.05, 0.1) is 25.4 Å². The molecule has 0 amide bonds. The molecule has 1 unspecified atom stereocenters. The highest BCUT2D eigenvalue weighted by Crippen LogP contribution is 2.29. The molecule has 2 aromatic rings. The second-order valence-corrected chi connectivity index (χ2v) is 6.38. The van der Waals surface area contributed by atoms with Gasteiger partial charge in [-0.05, 0) is 24.3 Å². The first-order chi connectivity index (χ1) is 11.0. The molecule has 2 rings (SSSR count). The van der Waals surface area contributed by atoms with E-state index in [9.17, 15) is 8.42 Å². The predicted octanol–water partition coefficient (Wildman–Crippen LogP) is 1.96. The van der Waals surface area contributed by atoms with Crippen LogP contribution in [0.5, 0.6) is 11.5 Å². The second-order valence-electron chi connectivity index (χ2n) is 4.61. The number of furan rings is 1. The summed E-state index contributed by atoms with van der Waals surface area (Å²) in [5.41, 5.74) is 0. The van der Waals surface area contributed by atoms with E-state index < -0.39 is 16.1 Å². The van der Waals surface area contributed by atoms with E-state index in [2.05, 4.69) is 4.72 Å². The lowest BCUT2D eigenvalue weighted by Crippen LogP contribution is -2.29. The molecule has 1 N–H and O–H groups in total. The Morgan fingerprint density at radius 1 is 1.13 bits per heavy atom. The Morgan fingerprint density at radius 2 is 1.87 bits per heavy atom. The first kappa shape index (κ1) is 17.3. The summed E-state index contributed by atoms with van der Waals surface area (Å²) in [6, 6.07) is 7.81. The second kappa shape index (κ2) is 7.49. The third-order valence-electron chi connectivity index (χ3n) is 3.27. The minimum atomic E-state index is -3.72. The largest absolute Gasteiger partial charge is 0.493 e. The van der Waals surface area contributed by atoms with Crippen molar-refractivity contribution in [3.63, 3.8) is 0 Å². The third kappa shape index (κ3) is 4.04. The van der Waals surface area contributed by atoms with E-state index in [1.165, 1.54) is 45.8 Å². The van der Waals surface area contributed by atoms with Gasteiger partial charge in [-0.2, -0.15) is 0 Å². The highest BCUT2D eigenvalue weighted by Gasteiger charge is 2.21. The van der Waals surface area contributed by atoms with Crippen molar-refractivity contribution >= 4 is 10.0 Å². The average molecular weight is 341 g/mol. The summed E-state index contributed by atoms with van der Waals surface area (Å²) in [7, 11) is 0.690. The Balaban J connectivity index is 2.15. The Kier molecular flexibility index (Phi) is 5.64. The normalized spacial score (nSPS) is 12.8. The lowest BCUT2D eigenvalue weighted by molar-refractivity contribution is 0.0878. The molecule has 0 aliphatic carbocycles. The van der Waals surface area contributed by atoms with Crippen LogP contribution < -0.4 is 14.2 Å². The van der Waals surface area contributed by atoms with Gasteiger partial charge in [-0.3, -0.25) is 0 Å². The molecular formula is C15H19NO6S. The summed E-state index contributed by atoms with van der Waals surface area (Å²) in [6.45, 7) is 0.0424. The van der Waals surface area contributed by atoms with Crippen LogP contribution in [0.1, 0.15) is 11.9 Å². The van der Waals surface area contributed by atoms with E-state index in [0.29, 0.717) is 17.3 Å². The number of sulfonamides is 1. The van der Waals surface area contributed by atoms with Crippen molar-refractivity contribution in [2.45, 2.75) is 11.0 Å². The summed E-state index contributed by atoms with van der Waals surface area (Å²) < 4.78 is 48.0. The molecule has 23 heavy (non-hydrogen) atoms. The van der Waals surface area contributed by atoms with E-state index in [1.54, 1.807) is 12.1 Å². The van der Waals surface area contributed by atoms with Gasteiger partial charge in [-0.1, -0.05) is 0 Å². The molecule has 1 aromatic carbocycles. The molecular weight excluding hydrogens is 322 g/mol. The van der Waals surface area contributed by atoms with Gasteiger partial charge >= 0.3 is 0 Å². The molecule has 8 heteroatoms. The average Bonchev–Trinajstić information content (AvgIpc) is 3.09. The fourth-order valence-corrected chi connectivity index (χ4v) is 3.07. The SMILES string of the molecule is COc1ccc(S(=O)(=O)NCC(OC)c2ccco2)cc1OC. The van der Waals surface area contributed by atoms with E-state index in [4.69, 9.17) is 18.6 Å². The topological polar surface area (TPSA) is 87.0 Å². The molecule has 7 nitrogen and oxygen atoms in total. The zero-order valence-corrected chi connectivity index (χ0v) is 13.9. The standard InChI is InChI=1S/C15H19NO6S/c1-19-12-7-6-11(9-14(12)20-2)23(17,18)16-10-15(21-3)13-5-4-8-22-13/h4-9,15-16H,10H2,1-3H3. The maximum atomic E-state index is 12.4. The third-order valence-corrected chi connectivity index (χ3v) is 4.69. The zero-order chi connectivity index (χ0) is 16.9. The number of nitrogens with one attached hydrogen (secondary N) is 1. The number of benzene rings is 1. The number of methoxy groups -OCH3 is 3. The summed E-state index contributed by atoms with van der Waals surface area (Å²) in [5, 5.41) is 0. The van der Waals surface area contributed by atoms with Crippen LogP contribution in [0.15, 0.2) is 45.9 Å². The zero-order valence-electron chi connectivity index (χ0n) is 13.1. The van der Waals surface area contributed by atoms with Crippen LogP contribution >= 0.6 is 0 Å². The number of hydrogen-bond donors (Lipinski definition) is 1. The fourth-order valence-electron chi connectivity index (χ4n) is 2.03. The van der Waals surface area contributed by atoms with E-state index >= 15 is 0 Å². The van der Waals surface area contributed by atoms with Crippen LogP contribution in [0, 0.1) is 0 Å². The minimum Gasteiger partial charge on any atom is -0.493 e. The lowest BCUT2D eigenvalue weighted by atomic mass is 10.3. The monoisotopic (exact) mass is 341 g/mol. The highest BCUT2D eigenvalue weighted by molar-refractivity contribution is 7.89. The smallest absolute Gasteiger partial charge is 0.240 e. The van der Waals surface area contributed by atoms with Crippen LogP contribution in [0.3, 0.4) is 0 Å². The van der Waals surface area contributed by atoms with Crippen molar-refractivity contribution in [2.24, 2.45) is 0 Å². The van der Waals surface area contributed by atoms with Gasteiger partial charge in [0.25, 0.3) is 0 Å². The highest BCUT2D eigenvalue weighted by atomic mass is 32.2. The van der Waals surface area contributed by atoms with Gasteiger partial charge in [-0.15, -0.1) is 0 Å². The Morgan fingerprint density at radius 3 is 2.43 bits per heavy atom. The summed E-state index contributed by atoms with van der Waals surface area (Å²) in [6.07, 6.45) is 0.990. The first-order valence-corrected chi connectivity index (χ1v) is 8.28. The molecule has 1 atom stereocenters. The van der Waals surface area contributed by atoms with Gasteiger partial charge in [-0.25, -0.2) is 13.1 Å². The maximum absolute atomic E-state index is 12.4. The van der Waals surface area contributed by atoms with Crippen molar-refractivity contribution in [3.05, 3.63) is 42.4 Å². The molecule has 0 aliphatic rings. The Labute approximate surface area is 135 Å². The van der Waals surface area contributed by atoms with Crippen molar-refractivity contribution in [3.8, 4) is 11.5 Å². The van der Waals surface area contributed by atoms with E-state index in [1.807, 2.05) is 0 Å². The minimum absolute atomic E-state index is 0.0424. The van der Waals surface area contributed by atoms with Crippen LogP contribution in [0.2, 0.25) is 0 Å². The lowest BCUT2D eigenvalue weighted by Gasteiger charge is -2.15. The molecule has 0 bridgehead atoms. The molecule has 0 saturated carbocycles. The molecule has 126 valence electrons. The Hall–Kier alpha value is -2.03. The summed E-state index contributed by atoms with van der Waals surface area (Å²) in [5.74, 6) is 1.34. The summed E-state index contributed by atoms with van der Waals surface area (Å²) >= 11 is 0. The molecule has 1 heterocycles. The van der Waals surface area contributed by atoms with Crippen molar-refractivity contribution in [1.29, 1.82) is 0 Å². The van der Waals surface area contributed by atoms with Gasteiger partial charge in [0.1, 0.15) is 11.9 Å². The maximum Gasteiger partial charge on any atom is 0.240 e. The number of hydrogen-bond acceptors (Lipinski definition) is 6. The van der Waals surface area contributed by atoms with Crippen LogP contribution in [0.4, 0.5) is 0 Å². The number of ether oxygens (including phenoxy) is 3. The van der Waals surface area contributed by atoms with Crippen molar-refractivity contribution in [1.82, 2.24) is 4.72 Å². The van der Waals surface area contributed by atoms with Crippen molar-refractivity contribution in [2.75, 3.05) is 27.9 Å². The molecule has 0 fully saturated rings. The van der Waals surface area contributed by atoms with Crippen LogP contribution in [-0.2, 0) is 14.8 Å². The molecule has 0 saturated heterocycles. The van der Waals surface area contributed by atoms with Crippen LogP contribution in [-0.4, -0.2) is 36.3 Å². The molecule has 0 radical (unpaired) electrons. The Bertz CT molecular complexity index is 726. The van der Waals surface area contributed by atoms with Gasteiger partial charge in [0.2, 0.25) is 10.0 Å². The van der Waals surface area contributed by atoms with Crippen LogP contribution in [0.25, 0.3) is 0 Å². The quantitative estimate of drug-likeness (QED) is 0.790. The predicted molar refractivity (Wildman–Crippen MR) is 83.2 cm³/mol. The molecule has 0 spiro atoms. The van der Waals surface area contributed by atoms with E-state index in [-0.39, 0.29) is 11.4 Å². The first-order valence-electron chi connectivity index (χ1n) is 6.79.